The molecule has 1 heterocycles. The smallest absolute Gasteiger partial charge is 0.406 e. The van der Waals surface area contributed by atoms with Crippen LogP contribution in [0.1, 0.15) is 31.9 Å². The lowest BCUT2D eigenvalue weighted by Gasteiger charge is -2.44. The Hall–Kier alpha value is -3.07. The number of halogens is 5. The zero-order valence-electron chi connectivity index (χ0n) is 17.8. The van der Waals surface area contributed by atoms with Gasteiger partial charge in [0.25, 0.3) is 0 Å². The average molecular weight is 452 g/mol. The molecule has 0 saturated heterocycles. The van der Waals surface area contributed by atoms with Gasteiger partial charge in [0.15, 0.2) is 0 Å². The number of aromatic nitrogens is 2. The van der Waals surface area contributed by atoms with Gasteiger partial charge in [-0.15, -0.1) is 13.2 Å². The van der Waals surface area contributed by atoms with Gasteiger partial charge in [-0.2, -0.15) is 0 Å². The van der Waals surface area contributed by atoms with E-state index in [2.05, 4.69) is 14.7 Å². The molecule has 0 saturated carbocycles. The van der Waals surface area contributed by atoms with Crippen LogP contribution in [-0.2, 0) is 10.3 Å². The molecule has 0 fully saturated rings. The molecular formula is C23H21F5N2O2. The SMILES string of the molecule is COC(c1cncnc1)(c1ccc(-c2ccc(OC(F)(F)F)cc2F)cc1F)C(C)(C)C. The molecule has 0 N–H and O–H groups in total. The van der Waals surface area contributed by atoms with Crippen LogP contribution in [0.15, 0.2) is 55.1 Å². The Morgan fingerprint density at radius 3 is 2.00 bits per heavy atom. The van der Waals surface area contributed by atoms with Crippen LogP contribution in [0.5, 0.6) is 5.75 Å². The van der Waals surface area contributed by atoms with Crippen LogP contribution < -0.4 is 4.74 Å². The van der Waals surface area contributed by atoms with Gasteiger partial charge < -0.3 is 9.47 Å². The van der Waals surface area contributed by atoms with Crippen LogP contribution in [0.25, 0.3) is 11.1 Å². The number of ether oxygens (including phenoxy) is 2. The van der Waals surface area contributed by atoms with Crippen molar-refractivity contribution >= 4 is 0 Å². The first-order chi connectivity index (χ1) is 14.9. The van der Waals surface area contributed by atoms with Crippen molar-refractivity contribution in [1.82, 2.24) is 9.97 Å². The summed E-state index contributed by atoms with van der Waals surface area (Å²) in [4.78, 5) is 8.04. The van der Waals surface area contributed by atoms with Crippen molar-refractivity contribution in [3.8, 4) is 16.9 Å². The summed E-state index contributed by atoms with van der Waals surface area (Å²) in [5.41, 5.74) is -1.13. The van der Waals surface area contributed by atoms with Gasteiger partial charge in [0.2, 0.25) is 0 Å². The van der Waals surface area contributed by atoms with Gasteiger partial charge >= 0.3 is 6.36 Å². The number of alkyl halides is 3. The monoisotopic (exact) mass is 452 g/mol. The topological polar surface area (TPSA) is 44.2 Å². The third kappa shape index (κ3) is 4.43. The molecule has 0 aliphatic carbocycles. The lowest BCUT2D eigenvalue weighted by atomic mass is 9.68. The molecule has 0 spiro atoms. The Morgan fingerprint density at radius 2 is 1.50 bits per heavy atom. The summed E-state index contributed by atoms with van der Waals surface area (Å²) in [6, 6.07) is 6.72. The van der Waals surface area contributed by atoms with Crippen molar-refractivity contribution < 1.29 is 31.4 Å². The Balaban J connectivity index is 2.09. The van der Waals surface area contributed by atoms with Crippen LogP contribution >= 0.6 is 0 Å². The molecule has 0 aliphatic heterocycles. The van der Waals surface area contributed by atoms with Crippen molar-refractivity contribution in [2.75, 3.05) is 7.11 Å². The molecule has 0 bridgehead atoms. The summed E-state index contributed by atoms with van der Waals surface area (Å²) in [5, 5.41) is 0. The Morgan fingerprint density at radius 1 is 0.844 bits per heavy atom. The fraction of sp³-hybridized carbons (Fsp3) is 0.304. The van der Waals surface area contributed by atoms with E-state index in [1.165, 1.54) is 38.0 Å². The van der Waals surface area contributed by atoms with Crippen LogP contribution in [0.4, 0.5) is 22.0 Å². The second-order valence-electron chi connectivity index (χ2n) is 8.15. The molecule has 4 nitrogen and oxygen atoms in total. The van der Waals surface area contributed by atoms with Gasteiger partial charge in [-0.1, -0.05) is 32.9 Å². The highest BCUT2D eigenvalue weighted by molar-refractivity contribution is 5.66. The molecule has 170 valence electrons. The predicted molar refractivity (Wildman–Crippen MR) is 108 cm³/mol. The lowest BCUT2D eigenvalue weighted by molar-refractivity contribution is -0.274. The first-order valence-electron chi connectivity index (χ1n) is 9.55. The molecule has 1 unspecified atom stereocenters. The Kier molecular flexibility index (Phi) is 6.24. The molecule has 9 heteroatoms. The normalized spacial score (nSPS) is 14.2. The van der Waals surface area contributed by atoms with Gasteiger partial charge in [-0.25, -0.2) is 18.7 Å². The maximum absolute atomic E-state index is 15.5. The van der Waals surface area contributed by atoms with Gasteiger partial charge in [0.1, 0.15) is 29.3 Å². The van der Waals surface area contributed by atoms with Crippen LogP contribution in [0, 0.1) is 17.0 Å². The van der Waals surface area contributed by atoms with E-state index >= 15 is 4.39 Å². The number of hydrogen-bond donors (Lipinski definition) is 0. The maximum Gasteiger partial charge on any atom is 0.573 e. The zero-order valence-corrected chi connectivity index (χ0v) is 17.8. The number of methoxy groups -OCH3 is 1. The van der Waals surface area contributed by atoms with E-state index in [-0.39, 0.29) is 16.7 Å². The summed E-state index contributed by atoms with van der Waals surface area (Å²) >= 11 is 0. The quantitative estimate of drug-likeness (QED) is 0.429. The van der Waals surface area contributed by atoms with Crippen molar-refractivity contribution in [1.29, 1.82) is 0 Å². The number of benzene rings is 2. The summed E-state index contributed by atoms with van der Waals surface area (Å²) in [6.45, 7) is 5.61. The first kappa shape index (κ1) is 23.6. The number of nitrogens with zero attached hydrogens (tertiary/aromatic N) is 2. The molecule has 0 aliphatic rings. The van der Waals surface area contributed by atoms with E-state index in [1.807, 2.05) is 20.8 Å². The van der Waals surface area contributed by atoms with Gasteiger partial charge in [-0.3, -0.25) is 0 Å². The largest absolute Gasteiger partial charge is 0.573 e. The van der Waals surface area contributed by atoms with Crippen LogP contribution in [0.3, 0.4) is 0 Å². The first-order valence-corrected chi connectivity index (χ1v) is 9.55. The number of rotatable bonds is 5. The van der Waals surface area contributed by atoms with E-state index in [1.54, 1.807) is 0 Å². The molecule has 32 heavy (non-hydrogen) atoms. The van der Waals surface area contributed by atoms with E-state index in [0.29, 0.717) is 11.6 Å². The third-order valence-corrected chi connectivity index (χ3v) is 5.16. The van der Waals surface area contributed by atoms with E-state index < -0.39 is 34.8 Å². The maximum atomic E-state index is 15.5. The van der Waals surface area contributed by atoms with Gasteiger partial charge in [0.05, 0.1) is 0 Å². The molecule has 1 aromatic heterocycles. The highest BCUT2D eigenvalue weighted by Gasteiger charge is 2.47. The van der Waals surface area contributed by atoms with E-state index in [4.69, 9.17) is 4.74 Å². The number of hydrogen-bond acceptors (Lipinski definition) is 4. The zero-order chi connectivity index (χ0) is 23.7. The van der Waals surface area contributed by atoms with Crippen molar-refractivity contribution in [2.24, 2.45) is 5.41 Å². The molecule has 1 atom stereocenters. The van der Waals surface area contributed by atoms with Crippen molar-refractivity contribution in [3.05, 3.63) is 77.9 Å². The summed E-state index contributed by atoms with van der Waals surface area (Å²) in [6.07, 6.45) is -0.525. The Labute approximate surface area is 182 Å². The fourth-order valence-corrected chi connectivity index (χ4v) is 3.90. The summed E-state index contributed by atoms with van der Waals surface area (Å²) < 4.78 is 76.6. The van der Waals surface area contributed by atoms with Crippen molar-refractivity contribution in [2.45, 2.75) is 32.7 Å². The Bertz CT molecular complexity index is 1100. The molecule has 2 aromatic carbocycles. The molecule has 3 rings (SSSR count). The highest BCUT2D eigenvalue weighted by atomic mass is 19.4. The van der Waals surface area contributed by atoms with E-state index in [0.717, 1.165) is 18.2 Å². The second-order valence-corrected chi connectivity index (χ2v) is 8.15. The van der Waals surface area contributed by atoms with Gasteiger partial charge in [-0.05, 0) is 29.2 Å². The minimum absolute atomic E-state index is 0.0770. The molecule has 0 amide bonds. The standard InChI is InChI=1S/C23H21F5N2O2/c1-21(2,3)22(31-4,15-11-29-13-30-12-15)18-8-5-14(9-20(18)25)17-7-6-16(10-19(17)24)32-23(26,27)28/h5-13H,1-4H3. The molecule has 0 radical (unpaired) electrons. The molecular weight excluding hydrogens is 431 g/mol. The third-order valence-electron chi connectivity index (χ3n) is 5.16. The minimum Gasteiger partial charge on any atom is -0.406 e. The minimum atomic E-state index is -4.95. The molecule has 3 aromatic rings. The summed E-state index contributed by atoms with van der Waals surface area (Å²) in [7, 11) is 1.45. The highest BCUT2D eigenvalue weighted by Crippen LogP contribution is 2.48. The lowest BCUT2D eigenvalue weighted by Crippen LogP contribution is -2.44. The fourth-order valence-electron chi connectivity index (χ4n) is 3.90. The van der Waals surface area contributed by atoms with E-state index in [9.17, 15) is 17.6 Å². The van der Waals surface area contributed by atoms with Crippen LogP contribution in [0.2, 0.25) is 0 Å². The van der Waals surface area contributed by atoms with Crippen LogP contribution in [-0.4, -0.2) is 23.4 Å². The predicted octanol–water partition coefficient (Wildman–Crippen LogP) is 6.26. The average Bonchev–Trinajstić information content (AvgIpc) is 2.68. The second kappa shape index (κ2) is 8.46. The van der Waals surface area contributed by atoms with Gasteiger partial charge in [0, 0.05) is 42.3 Å². The van der Waals surface area contributed by atoms with Crippen molar-refractivity contribution in [3.63, 3.8) is 0 Å². The summed E-state index contributed by atoms with van der Waals surface area (Å²) in [5.74, 6) is -2.37.